The minimum absolute atomic E-state index is 0.0261. The van der Waals surface area contributed by atoms with E-state index in [0.717, 1.165) is 37.8 Å². The van der Waals surface area contributed by atoms with Gasteiger partial charge < -0.3 is 22.8 Å². The molecule has 0 fully saturated rings. The second kappa shape index (κ2) is 10.0. The van der Waals surface area contributed by atoms with Crippen molar-refractivity contribution in [2.45, 2.75) is 44.3 Å². The van der Waals surface area contributed by atoms with Gasteiger partial charge in [0.25, 0.3) is 0 Å². The Morgan fingerprint density at radius 3 is 1.58 bits per heavy atom. The van der Waals surface area contributed by atoms with E-state index >= 15 is 0 Å². The topological polar surface area (TPSA) is 57.2 Å². The van der Waals surface area contributed by atoms with E-state index in [0.29, 0.717) is 0 Å². The molecule has 0 radical (unpaired) electrons. The van der Waals surface area contributed by atoms with Gasteiger partial charge in [0.2, 0.25) is 0 Å². The van der Waals surface area contributed by atoms with Gasteiger partial charge in [-0.05, 0) is 18.6 Å². The highest BCUT2D eigenvalue weighted by molar-refractivity contribution is 6.67. The van der Waals surface area contributed by atoms with Gasteiger partial charge in [0.05, 0.1) is 6.23 Å². The zero-order valence-corrected chi connectivity index (χ0v) is 15.0. The summed E-state index contributed by atoms with van der Waals surface area (Å²) < 4.78 is 21.6. The number of rotatable bonds is 12. The van der Waals surface area contributed by atoms with Crippen molar-refractivity contribution in [3.63, 3.8) is 0 Å². The molecule has 19 heavy (non-hydrogen) atoms. The van der Waals surface area contributed by atoms with Crippen LogP contribution in [0.1, 0.15) is 25.7 Å². The van der Waals surface area contributed by atoms with Crippen molar-refractivity contribution >= 4 is 17.1 Å². The van der Waals surface area contributed by atoms with Gasteiger partial charge in [0.15, 0.2) is 0 Å². The maximum Gasteiger partial charge on any atom is 0.363 e. The molecule has 0 atom stereocenters. The standard InChI is InChI=1S/C12H30O5Si2/c1-14-18(5,15-2)10-8-6-7-9-11-19(12-13,16-3)17-4/h13H,6-12H2,1-5H3. The van der Waals surface area contributed by atoms with Crippen molar-refractivity contribution in [1.82, 2.24) is 0 Å². The van der Waals surface area contributed by atoms with E-state index in [1.54, 1.807) is 28.4 Å². The Hall–Kier alpha value is 0.234. The van der Waals surface area contributed by atoms with Crippen LogP contribution >= 0.6 is 0 Å². The molecular formula is C12H30O5Si2. The van der Waals surface area contributed by atoms with Crippen molar-refractivity contribution in [1.29, 1.82) is 0 Å². The summed E-state index contributed by atoms with van der Waals surface area (Å²) in [6.45, 7) is 2.09. The maximum absolute atomic E-state index is 9.33. The Morgan fingerprint density at radius 2 is 1.21 bits per heavy atom. The lowest BCUT2D eigenvalue weighted by Crippen LogP contribution is -2.44. The van der Waals surface area contributed by atoms with Gasteiger partial charge >= 0.3 is 17.1 Å². The summed E-state index contributed by atoms with van der Waals surface area (Å²) in [6.07, 6.45) is 4.46. The molecular weight excluding hydrogens is 280 g/mol. The van der Waals surface area contributed by atoms with Crippen LogP contribution in [0.25, 0.3) is 0 Å². The minimum Gasteiger partial charge on any atom is -0.398 e. The molecule has 0 saturated heterocycles. The van der Waals surface area contributed by atoms with Crippen molar-refractivity contribution in [3.8, 4) is 0 Å². The number of aliphatic hydroxyl groups is 1. The Morgan fingerprint density at radius 1 is 0.737 bits per heavy atom. The van der Waals surface area contributed by atoms with Gasteiger partial charge in [-0.3, -0.25) is 0 Å². The lowest BCUT2D eigenvalue weighted by atomic mass is 10.2. The fourth-order valence-corrected chi connectivity index (χ4v) is 5.22. The third-order valence-electron chi connectivity index (χ3n) is 3.79. The molecule has 0 aromatic rings. The van der Waals surface area contributed by atoms with Gasteiger partial charge in [-0.1, -0.05) is 25.7 Å². The van der Waals surface area contributed by atoms with E-state index in [1.807, 2.05) is 0 Å². The summed E-state index contributed by atoms with van der Waals surface area (Å²) in [6, 6.07) is 1.87. The highest BCUT2D eigenvalue weighted by Gasteiger charge is 2.34. The van der Waals surface area contributed by atoms with Gasteiger partial charge in [-0.15, -0.1) is 0 Å². The van der Waals surface area contributed by atoms with Crippen LogP contribution in [-0.4, -0.2) is 56.9 Å². The molecule has 0 saturated carbocycles. The summed E-state index contributed by atoms with van der Waals surface area (Å²) in [5.74, 6) is 0. The van der Waals surface area contributed by atoms with E-state index in [-0.39, 0.29) is 6.23 Å². The fourth-order valence-electron chi connectivity index (χ4n) is 1.98. The quantitative estimate of drug-likeness (QED) is 0.442. The number of hydrogen-bond donors (Lipinski definition) is 1. The first kappa shape index (κ1) is 19.2. The molecule has 0 rings (SSSR count). The zero-order valence-electron chi connectivity index (χ0n) is 13.0. The normalized spacial score (nSPS) is 12.9. The Bertz CT molecular complexity index is 212. The van der Waals surface area contributed by atoms with Crippen LogP contribution in [0.15, 0.2) is 0 Å². The average molecular weight is 311 g/mol. The van der Waals surface area contributed by atoms with Crippen LogP contribution in [0.3, 0.4) is 0 Å². The highest BCUT2D eigenvalue weighted by Crippen LogP contribution is 2.19. The smallest absolute Gasteiger partial charge is 0.363 e. The van der Waals surface area contributed by atoms with Crippen LogP contribution in [0.4, 0.5) is 0 Å². The van der Waals surface area contributed by atoms with E-state index < -0.39 is 17.1 Å². The van der Waals surface area contributed by atoms with E-state index in [2.05, 4.69) is 6.55 Å². The molecule has 0 aromatic heterocycles. The Labute approximate surface area is 119 Å². The Balaban J connectivity index is 3.76. The summed E-state index contributed by atoms with van der Waals surface area (Å²) in [7, 11) is 2.50. The number of aliphatic hydroxyl groups excluding tert-OH is 1. The molecule has 0 aliphatic rings. The van der Waals surface area contributed by atoms with Crippen molar-refractivity contribution < 1.29 is 22.8 Å². The lowest BCUT2D eigenvalue weighted by Gasteiger charge is -2.25. The van der Waals surface area contributed by atoms with E-state index in [4.69, 9.17) is 17.7 Å². The molecule has 0 unspecified atom stereocenters. The van der Waals surface area contributed by atoms with Gasteiger partial charge in [0, 0.05) is 28.4 Å². The molecule has 0 aliphatic heterocycles. The van der Waals surface area contributed by atoms with Crippen LogP contribution in [0.5, 0.6) is 0 Å². The average Bonchev–Trinajstić information content (AvgIpc) is 2.47. The van der Waals surface area contributed by atoms with Crippen LogP contribution in [0.2, 0.25) is 18.6 Å². The zero-order chi connectivity index (χ0) is 14.8. The first-order valence-electron chi connectivity index (χ1n) is 6.83. The van der Waals surface area contributed by atoms with Crippen molar-refractivity contribution in [3.05, 3.63) is 0 Å². The summed E-state index contributed by atoms with van der Waals surface area (Å²) in [4.78, 5) is 0. The molecule has 7 heteroatoms. The third kappa shape index (κ3) is 6.98. The lowest BCUT2D eigenvalue weighted by molar-refractivity contribution is 0.195. The second-order valence-corrected chi connectivity index (χ2v) is 12.0. The molecule has 0 amide bonds. The van der Waals surface area contributed by atoms with Crippen LogP contribution < -0.4 is 0 Å². The summed E-state index contributed by atoms with van der Waals surface area (Å²) in [5, 5.41) is 9.33. The Kier molecular flexibility index (Phi) is 10.2. The van der Waals surface area contributed by atoms with Crippen LogP contribution in [-0.2, 0) is 17.7 Å². The highest BCUT2D eigenvalue weighted by atomic mass is 28.4. The molecule has 1 N–H and O–H groups in total. The third-order valence-corrected chi connectivity index (χ3v) is 9.86. The molecule has 116 valence electrons. The second-order valence-electron chi connectivity index (χ2n) is 4.93. The maximum atomic E-state index is 9.33. The van der Waals surface area contributed by atoms with Crippen LogP contribution in [0, 0.1) is 0 Å². The SMILES string of the molecule is CO[Si](C)(CCCCCC[Si](CO)(OC)OC)OC. The van der Waals surface area contributed by atoms with Gasteiger partial charge in [-0.25, -0.2) is 0 Å². The first-order valence-corrected chi connectivity index (χ1v) is 11.6. The molecule has 0 bridgehead atoms. The monoisotopic (exact) mass is 310 g/mol. The van der Waals surface area contributed by atoms with Gasteiger partial charge in [-0.2, -0.15) is 0 Å². The minimum atomic E-state index is -2.31. The summed E-state index contributed by atoms with van der Waals surface area (Å²) in [5.41, 5.74) is 0. The van der Waals surface area contributed by atoms with E-state index in [9.17, 15) is 5.11 Å². The molecule has 5 nitrogen and oxygen atoms in total. The predicted octanol–water partition coefficient (Wildman–Crippen LogP) is 2.18. The van der Waals surface area contributed by atoms with E-state index in [1.165, 1.54) is 0 Å². The first-order chi connectivity index (χ1) is 9.01. The fraction of sp³-hybridized carbons (Fsp3) is 1.00. The van der Waals surface area contributed by atoms with Crippen molar-refractivity contribution in [2.75, 3.05) is 34.7 Å². The molecule has 0 heterocycles. The van der Waals surface area contributed by atoms with Gasteiger partial charge in [0.1, 0.15) is 0 Å². The largest absolute Gasteiger partial charge is 0.398 e. The predicted molar refractivity (Wildman–Crippen MR) is 80.6 cm³/mol. The molecule has 0 aromatic carbocycles. The molecule has 0 aliphatic carbocycles. The number of unbranched alkanes of at least 4 members (excludes halogenated alkanes) is 3. The number of hydrogen-bond acceptors (Lipinski definition) is 5. The molecule has 0 spiro atoms. The summed E-state index contributed by atoms with van der Waals surface area (Å²) >= 11 is 0. The van der Waals surface area contributed by atoms with Crippen molar-refractivity contribution in [2.24, 2.45) is 0 Å².